The molecule has 0 unspecified atom stereocenters. The summed E-state index contributed by atoms with van der Waals surface area (Å²) in [5, 5.41) is 5.32. The van der Waals surface area contributed by atoms with E-state index in [1.807, 2.05) is 0 Å². The van der Waals surface area contributed by atoms with Gasteiger partial charge in [0.25, 0.3) is 5.56 Å². The number of rotatable bonds is 2. The number of fused-ring (bicyclic) bond motifs is 2. The topological polar surface area (TPSA) is 79.0 Å². The maximum absolute atomic E-state index is 12.3. The van der Waals surface area contributed by atoms with Crippen LogP contribution in [0.1, 0.15) is 20.8 Å². The standard InChI is InChI=1S/C13H16N4O3S/c1-13(2,3)20-9(18)7-16-6-8-10(15-16)14-12-17(11(8)19)4-5-21-12/h6H,4-5,7H2,1-3H3. The Morgan fingerprint density at radius 3 is 2.95 bits per heavy atom. The molecule has 21 heavy (non-hydrogen) atoms. The molecule has 3 heterocycles. The highest BCUT2D eigenvalue weighted by atomic mass is 32.2. The lowest BCUT2D eigenvalue weighted by molar-refractivity contribution is -0.155. The van der Waals surface area contributed by atoms with Crippen molar-refractivity contribution in [3.8, 4) is 0 Å². The zero-order chi connectivity index (χ0) is 15.2. The van der Waals surface area contributed by atoms with Crippen molar-refractivity contribution in [3.05, 3.63) is 16.6 Å². The molecule has 0 aliphatic carbocycles. The molecule has 0 aromatic carbocycles. The Bertz CT molecular complexity index is 772. The Kier molecular flexibility index (Phi) is 3.27. The highest BCUT2D eigenvalue weighted by molar-refractivity contribution is 7.99. The van der Waals surface area contributed by atoms with Gasteiger partial charge < -0.3 is 4.74 Å². The van der Waals surface area contributed by atoms with Gasteiger partial charge in [0.1, 0.15) is 17.5 Å². The number of hydrogen-bond donors (Lipinski definition) is 0. The fourth-order valence-corrected chi connectivity index (χ4v) is 3.09. The zero-order valence-corrected chi connectivity index (χ0v) is 12.9. The number of aromatic nitrogens is 4. The minimum absolute atomic E-state index is 0.0322. The summed E-state index contributed by atoms with van der Waals surface area (Å²) in [7, 11) is 0. The number of esters is 1. The lowest BCUT2D eigenvalue weighted by Gasteiger charge is -2.19. The molecule has 2 aromatic rings. The molecule has 0 bridgehead atoms. The predicted molar refractivity (Wildman–Crippen MR) is 78.4 cm³/mol. The van der Waals surface area contributed by atoms with Gasteiger partial charge in [-0.1, -0.05) is 11.8 Å². The normalized spacial score (nSPS) is 14.4. The van der Waals surface area contributed by atoms with Crippen LogP contribution in [0, 0.1) is 0 Å². The molecule has 0 radical (unpaired) electrons. The molecule has 0 amide bonds. The van der Waals surface area contributed by atoms with Crippen LogP contribution in [0.15, 0.2) is 16.1 Å². The van der Waals surface area contributed by atoms with Crippen molar-refractivity contribution < 1.29 is 9.53 Å². The van der Waals surface area contributed by atoms with E-state index in [9.17, 15) is 9.59 Å². The largest absolute Gasteiger partial charge is 0.459 e. The molecule has 0 saturated carbocycles. The average molecular weight is 308 g/mol. The fourth-order valence-electron chi connectivity index (χ4n) is 2.15. The summed E-state index contributed by atoms with van der Waals surface area (Å²) in [6.07, 6.45) is 1.56. The van der Waals surface area contributed by atoms with E-state index in [0.717, 1.165) is 5.75 Å². The highest BCUT2D eigenvalue weighted by Gasteiger charge is 2.20. The minimum Gasteiger partial charge on any atom is -0.459 e. The van der Waals surface area contributed by atoms with Crippen molar-refractivity contribution in [1.29, 1.82) is 0 Å². The van der Waals surface area contributed by atoms with E-state index in [4.69, 9.17) is 4.74 Å². The second-order valence-electron chi connectivity index (χ2n) is 5.85. The zero-order valence-electron chi connectivity index (χ0n) is 12.1. The summed E-state index contributed by atoms with van der Waals surface area (Å²) in [5.41, 5.74) is -0.265. The van der Waals surface area contributed by atoms with E-state index in [2.05, 4.69) is 10.1 Å². The molecule has 112 valence electrons. The highest BCUT2D eigenvalue weighted by Crippen LogP contribution is 2.22. The third-order valence-electron chi connectivity index (χ3n) is 2.91. The molecule has 7 nitrogen and oxygen atoms in total. The van der Waals surface area contributed by atoms with Gasteiger partial charge in [0, 0.05) is 18.5 Å². The first kappa shape index (κ1) is 14.1. The Morgan fingerprint density at radius 1 is 1.48 bits per heavy atom. The van der Waals surface area contributed by atoms with E-state index in [-0.39, 0.29) is 12.1 Å². The van der Waals surface area contributed by atoms with Gasteiger partial charge >= 0.3 is 5.97 Å². The molecule has 0 fully saturated rings. The molecule has 3 rings (SSSR count). The summed E-state index contributed by atoms with van der Waals surface area (Å²) in [6, 6.07) is 0. The SMILES string of the molecule is CC(C)(C)OC(=O)Cn1cc2c(=O)n3c(nc2n1)SCC3. The monoisotopic (exact) mass is 308 g/mol. The van der Waals surface area contributed by atoms with E-state index < -0.39 is 11.6 Å². The summed E-state index contributed by atoms with van der Waals surface area (Å²) < 4.78 is 8.30. The van der Waals surface area contributed by atoms with Crippen molar-refractivity contribution in [3.63, 3.8) is 0 Å². The van der Waals surface area contributed by atoms with Crippen LogP contribution in [-0.4, -0.2) is 36.7 Å². The summed E-state index contributed by atoms with van der Waals surface area (Å²) in [5.74, 6) is 0.463. The van der Waals surface area contributed by atoms with Crippen molar-refractivity contribution in [1.82, 2.24) is 19.3 Å². The molecular weight excluding hydrogens is 292 g/mol. The molecule has 8 heteroatoms. The van der Waals surface area contributed by atoms with Gasteiger partial charge in [0.05, 0.1) is 0 Å². The molecule has 0 saturated heterocycles. The number of carbonyl (C=O) groups excluding carboxylic acids is 1. The quantitative estimate of drug-likeness (QED) is 0.609. The molecule has 0 spiro atoms. The predicted octanol–water partition coefficient (Wildman–Crippen LogP) is 1.04. The summed E-state index contributed by atoms with van der Waals surface area (Å²) >= 11 is 1.54. The molecule has 0 N–H and O–H groups in total. The number of thioether (sulfide) groups is 1. The lowest BCUT2D eigenvalue weighted by Crippen LogP contribution is -2.26. The number of carbonyl (C=O) groups is 1. The Hall–Kier alpha value is -1.83. The summed E-state index contributed by atoms with van der Waals surface area (Å²) in [4.78, 5) is 28.4. The van der Waals surface area contributed by atoms with E-state index in [1.165, 1.54) is 16.4 Å². The van der Waals surface area contributed by atoms with Crippen LogP contribution in [0.3, 0.4) is 0 Å². The van der Waals surface area contributed by atoms with Gasteiger partial charge in [-0.2, -0.15) is 5.10 Å². The smallest absolute Gasteiger partial charge is 0.328 e. The van der Waals surface area contributed by atoms with E-state index in [1.54, 1.807) is 31.5 Å². The van der Waals surface area contributed by atoms with Gasteiger partial charge in [-0.15, -0.1) is 0 Å². The molecule has 1 aliphatic heterocycles. The Labute approximate surface area is 125 Å². The van der Waals surface area contributed by atoms with Crippen LogP contribution in [0.25, 0.3) is 11.0 Å². The van der Waals surface area contributed by atoms with Crippen LogP contribution in [0.2, 0.25) is 0 Å². The first-order chi connectivity index (χ1) is 9.83. The molecule has 2 aromatic heterocycles. The van der Waals surface area contributed by atoms with Crippen molar-refractivity contribution in [2.45, 2.75) is 44.6 Å². The van der Waals surface area contributed by atoms with Gasteiger partial charge in [-0.05, 0) is 20.8 Å². The van der Waals surface area contributed by atoms with Gasteiger partial charge in [-0.3, -0.25) is 18.8 Å². The van der Waals surface area contributed by atoms with Crippen LogP contribution in [0.5, 0.6) is 0 Å². The van der Waals surface area contributed by atoms with Crippen LogP contribution >= 0.6 is 11.8 Å². The molecule has 1 aliphatic rings. The number of ether oxygens (including phenoxy) is 1. The Balaban J connectivity index is 1.91. The first-order valence-corrected chi connectivity index (χ1v) is 7.65. The van der Waals surface area contributed by atoms with Crippen LogP contribution in [-0.2, 0) is 22.6 Å². The van der Waals surface area contributed by atoms with Gasteiger partial charge in [-0.25, -0.2) is 4.98 Å². The third-order valence-corrected chi connectivity index (χ3v) is 3.86. The van der Waals surface area contributed by atoms with Crippen LogP contribution in [0.4, 0.5) is 0 Å². The maximum atomic E-state index is 12.3. The average Bonchev–Trinajstić information content (AvgIpc) is 2.93. The van der Waals surface area contributed by atoms with E-state index >= 15 is 0 Å². The maximum Gasteiger partial charge on any atom is 0.328 e. The van der Waals surface area contributed by atoms with Crippen molar-refractivity contribution in [2.75, 3.05) is 5.75 Å². The minimum atomic E-state index is -0.542. The lowest BCUT2D eigenvalue weighted by atomic mass is 10.2. The van der Waals surface area contributed by atoms with E-state index in [0.29, 0.717) is 22.7 Å². The number of hydrogen-bond acceptors (Lipinski definition) is 6. The second-order valence-corrected chi connectivity index (χ2v) is 6.91. The molecule has 0 atom stereocenters. The van der Waals surface area contributed by atoms with Crippen LogP contribution < -0.4 is 5.56 Å². The Morgan fingerprint density at radius 2 is 2.24 bits per heavy atom. The number of nitrogens with zero attached hydrogens (tertiary/aromatic N) is 4. The first-order valence-electron chi connectivity index (χ1n) is 6.66. The summed E-state index contributed by atoms with van der Waals surface area (Å²) in [6.45, 7) is 6.05. The fraction of sp³-hybridized carbons (Fsp3) is 0.538. The van der Waals surface area contributed by atoms with Crippen molar-refractivity contribution in [2.24, 2.45) is 0 Å². The third kappa shape index (κ3) is 2.80. The van der Waals surface area contributed by atoms with Gasteiger partial charge in [0.2, 0.25) is 0 Å². The molecular formula is C13H16N4O3S. The van der Waals surface area contributed by atoms with Gasteiger partial charge in [0.15, 0.2) is 10.8 Å². The van der Waals surface area contributed by atoms with Crippen molar-refractivity contribution >= 4 is 28.8 Å². The second kappa shape index (κ2) is 4.87.